The number of benzene rings is 2. The average molecular weight is 303 g/mol. The quantitative estimate of drug-likeness (QED) is 0.565. The van der Waals surface area contributed by atoms with Crippen LogP contribution in [0.1, 0.15) is 26.3 Å². The summed E-state index contributed by atoms with van der Waals surface area (Å²) in [4.78, 5) is 2.32. The number of nitrogens with zero attached hydrogens (tertiary/aromatic N) is 1. The van der Waals surface area contributed by atoms with Crippen LogP contribution in [0.4, 0.5) is 11.4 Å². The van der Waals surface area contributed by atoms with Crippen molar-refractivity contribution < 1.29 is 0 Å². The molecular weight excluding hydrogens is 278 g/mol. The molecule has 1 heteroatoms. The van der Waals surface area contributed by atoms with Crippen LogP contribution in [-0.4, -0.2) is 0 Å². The first-order valence-electron chi connectivity index (χ1n) is 8.02. The van der Waals surface area contributed by atoms with Gasteiger partial charge in [0.1, 0.15) is 0 Å². The smallest absolute Gasteiger partial charge is 0.0487 e. The second-order valence-electron chi connectivity index (χ2n) is 5.61. The SMILES string of the molecule is C\C=C/C=C\C(C)=C(/C)N(c1ccccc1)c1ccccc1C. The van der Waals surface area contributed by atoms with Gasteiger partial charge in [0.05, 0.1) is 0 Å². The van der Waals surface area contributed by atoms with Crippen LogP contribution in [0.3, 0.4) is 0 Å². The maximum absolute atomic E-state index is 2.32. The zero-order valence-electron chi connectivity index (χ0n) is 14.5. The Kier molecular flexibility index (Phi) is 5.99. The van der Waals surface area contributed by atoms with Crippen LogP contribution < -0.4 is 4.90 Å². The summed E-state index contributed by atoms with van der Waals surface area (Å²) in [6.07, 6.45) is 8.33. The van der Waals surface area contributed by atoms with Gasteiger partial charge in [0.2, 0.25) is 0 Å². The standard InChI is InChI=1S/C22H25N/c1-5-6-8-13-18(2)20(4)23(21-15-9-7-10-16-21)22-17-12-11-14-19(22)3/h5-17H,1-4H3/b6-5-,13-8-,20-18+. The molecule has 0 atom stereocenters. The third-order valence-electron chi connectivity index (χ3n) is 3.93. The van der Waals surface area contributed by atoms with Crippen molar-refractivity contribution in [3.8, 4) is 0 Å². The summed E-state index contributed by atoms with van der Waals surface area (Å²) in [6.45, 7) is 8.52. The van der Waals surface area contributed by atoms with Crippen LogP contribution >= 0.6 is 0 Å². The van der Waals surface area contributed by atoms with E-state index in [1.165, 1.54) is 28.2 Å². The molecule has 0 aliphatic carbocycles. The zero-order valence-corrected chi connectivity index (χ0v) is 14.5. The molecular formula is C22H25N. The first-order valence-corrected chi connectivity index (χ1v) is 8.02. The Balaban J connectivity index is 2.55. The first-order chi connectivity index (χ1) is 11.1. The molecule has 0 spiro atoms. The average Bonchev–Trinajstić information content (AvgIpc) is 2.58. The number of para-hydroxylation sites is 2. The van der Waals surface area contributed by atoms with E-state index < -0.39 is 0 Å². The fraction of sp³-hybridized carbons (Fsp3) is 0.182. The van der Waals surface area contributed by atoms with Gasteiger partial charge in [-0.25, -0.2) is 0 Å². The van der Waals surface area contributed by atoms with E-state index in [1.54, 1.807) is 0 Å². The normalized spacial score (nSPS) is 12.7. The van der Waals surface area contributed by atoms with Gasteiger partial charge in [-0.15, -0.1) is 0 Å². The van der Waals surface area contributed by atoms with Gasteiger partial charge in [0.25, 0.3) is 0 Å². The van der Waals surface area contributed by atoms with E-state index >= 15 is 0 Å². The van der Waals surface area contributed by atoms with Crippen molar-refractivity contribution in [2.45, 2.75) is 27.7 Å². The maximum Gasteiger partial charge on any atom is 0.0487 e. The lowest BCUT2D eigenvalue weighted by Gasteiger charge is -2.28. The lowest BCUT2D eigenvalue weighted by Crippen LogP contribution is -2.16. The molecule has 0 heterocycles. The van der Waals surface area contributed by atoms with Crippen LogP contribution in [0.5, 0.6) is 0 Å². The lowest BCUT2D eigenvalue weighted by molar-refractivity contribution is 1.11. The van der Waals surface area contributed by atoms with Gasteiger partial charge in [-0.2, -0.15) is 0 Å². The van der Waals surface area contributed by atoms with E-state index in [0.29, 0.717) is 0 Å². The number of aryl methyl sites for hydroxylation is 1. The molecule has 118 valence electrons. The van der Waals surface area contributed by atoms with Crippen molar-refractivity contribution in [3.05, 3.63) is 95.7 Å². The van der Waals surface area contributed by atoms with Crippen LogP contribution in [-0.2, 0) is 0 Å². The van der Waals surface area contributed by atoms with Gasteiger partial charge in [0, 0.05) is 17.1 Å². The summed E-state index contributed by atoms with van der Waals surface area (Å²) >= 11 is 0. The van der Waals surface area contributed by atoms with E-state index in [-0.39, 0.29) is 0 Å². The number of allylic oxidation sites excluding steroid dienone is 6. The van der Waals surface area contributed by atoms with Gasteiger partial charge in [0.15, 0.2) is 0 Å². The molecule has 0 bridgehead atoms. The van der Waals surface area contributed by atoms with E-state index in [1.807, 2.05) is 13.0 Å². The second-order valence-corrected chi connectivity index (χ2v) is 5.61. The van der Waals surface area contributed by atoms with Crippen LogP contribution in [0, 0.1) is 6.92 Å². The zero-order chi connectivity index (χ0) is 16.7. The highest BCUT2D eigenvalue weighted by Crippen LogP contribution is 2.33. The number of rotatable bonds is 5. The van der Waals surface area contributed by atoms with E-state index in [2.05, 4.69) is 98.5 Å². The minimum absolute atomic E-state index is 1.18. The molecule has 0 N–H and O–H groups in total. The third-order valence-corrected chi connectivity index (χ3v) is 3.93. The summed E-state index contributed by atoms with van der Waals surface area (Å²) in [5.41, 5.74) is 6.13. The number of hydrogen-bond donors (Lipinski definition) is 0. The fourth-order valence-corrected chi connectivity index (χ4v) is 2.51. The van der Waals surface area contributed by atoms with Crippen molar-refractivity contribution in [1.82, 2.24) is 0 Å². The molecule has 0 radical (unpaired) electrons. The van der Waals surface area contributed by atoms with Crippen LogP contribution in [0.2, 0.25) is 0 Å². The minimum Gasteiger partial charge on any atom is -0.314 e. The van der Waals surface area contributed by atoms with Crippen LogP contribution in [0.15, 0.2) is 90.2 Å². The Hall–Kier alpha value is -2.54. The van der Waals surface area contributed by atoms with E-state index in [9.17, 15) is 0 Å². The molecule has 0 saturated carbocycles. The Morgan fingerprint density at radius 3 is 2.17 bits per heavy atom. The molecule has 0 aromatic heterocycles. The highest BCUT2D eigenvalue weighted by Gasteiger charge is 2.14. The second kappa shape index (κ2) is 8.19. The van der Waals surface area contributed by atoms with Crippen molar-refractivity contribution >= 4 is 11.4 Å². The molecule has 2 aromatic carbocycles. The van der Waals surface area contributed by atoms with E-state index in [0.717, 1.165) is 0 Å². The third kappa shape index (κ3) is 4.23. The van der Waals surface area contributed by atoms with Crippen LogP contribution in [0.25, 0.3) is 0 Å². The first kappa shape index (κ1) is 16.8. The van der Waals surface area contributed by atoms with Crippen molar-refractivity contribution in [3.63, 3.8) is 0 Å². The number of anilines is 2. The van der Waals surface area contributed by atoms with Crippen molar-refractivity contribution in [2.24, 2.45) is 0 Å². The summed E-state index contributed by atoms with van der Waals surface area (Å²) in [5.74, 6) is 0. The van der Waals surface area contributed by atoms with Crippen molar-refractivity contribution in [2.75, 3.05) is 4.90 Å². The highest BCUT2D eigenvalue weighted by molar-refractivity contribution is 5.71. The molecule has 0 aliphatic rings. The largest absolute Gasteiger partial charge is 0.314 e. The number of hydrogen-bond acceptors (Lipinski definition) is 1. The topological polar surface area (TPSA) is 3.24 Å². The summed E-state index contributed by atoms with van der Waals surface area (Å²) in [7, 11) is 0. The fourth-order valence-electron chi connectivity index (χ4n) is 2.51. The molecule has 0 aliphatic heterocycles. The molecule has 23 heavy (non-hydrogen) atoms. The summed E-state index contributed by atoms with van der Waals surface area (Å²) in [5, 5.41) is 0. The van der Waals surface area contributed by atoms with Gasteiger partial charge < -0.3 is 4.90 Å². The molecule has 0 amide bonds. The summed E-state index contributed by atoms with van der Waals surface area (Å²) < 4.78 is 0. The van der Waals surface area contributed by atoms with Crippen molar-refractivity contribution in [1.29, 1.82) is 0 Å². The maximum atomic E-state index is 2.32. The predicted molar refractivity (Wildman–Crippen MR) is 102 cm³/mol. The molecule has 2 rings (SSSR count). The van der Waals surface area contributed by atoms with Gasteiger partial charge in [-0.3, -0.25) is 0 Å². The Morgan fingerprint density at radius 1 is 0.870 bits per heavy atom. The van der Waals surface area contributed by atoms with Gasteiger partial charge >= 0.3 is 0 Å². The molecule has 1 nitrogen and oxygen atoms in total. The van der Waals surface area contributed by atoms with Gasteiger partial charge in [-0.1, -0.05) is 60.7 Å². The Bertz CT molecular complexity index is 721. The monoisotopic (exact) mass is 303 g/mol. The highest BCUT2D eigenvalue weighted by atomic mass is 15.1. The summed E-state index contributed by atoms with van der Waals surface area (Å²) in [6, 6.07) is 19.0. The molecule has 0 unspecified atom stereocenters. The lowest BCUT2D eigenvalue weighted by atomic mass is 10.1. The molecule has 2 aromatic rings. The van der Waals surface area contributed by atoms with Gasteiger partial charge in [-0.05, 0) is 57.0 Å². The van der Waals surface area contributed by atoms with E-state index in [4.69, 9.17) is 0 Å². The molecule has 0 saturated heterocycles. The Morgan fingerprint density at radius 2 is 1.52 bits per heavy atom. The molecule has 0 fully saturated rings. The predicted octanol–water partition coefficient (Wildman–Crippen LogP) is 6.56. The Labute approximate surface area is 140 Å². The minimum atomic E-state index is 1.18.